The monoisotopic (exact) mass is 320 g/mol. The predicted molar refractivity (Wildman–Crippen MR) is 56.4 cm³/mol. The van der Waals surface area contributed by atoms with Crippen LogP contribution in [0.5, 0.6) is 0 Å². The van der Waals surface area contributed by atoms with Crippen molar-refractivity contribution in [3.63, 3.8) is 0 Å². The Balaban J connectivity index is 3.15. The molecule has 9 heteroatoms. The van der Waals surface area contributed by atoms with Gasteiger partial charge < -0.3 is 0 Å². The summed E-state index contributed by atoms with van der Waals surface area (Å²) in [7, 11) is 0. The first kappa shape index (κ1) is 15.8. The Hall–Kier alpha value is -1.21. The lowest BCUT2D eigenvalue weighted by Crippen LogP contribution is -2.36. The van der Waals surface area contributed by atoms with E-state index in [0.717, 1.165) is 0 Å². The van der Waals surface area contributed by atoms with Gasteiger partial charge in [-0.1, -0.05) is 11.6 Å². The fourth-order valence-electron chi connectivity index (χ4n) is 1.12. The van der Waals surface area contributed by atoms with Crippen LogP contribution in [-0.4, -0.2) is 23.1 Å². The van der Waals surface area contributed by atoms with Crippen LogP contribution in [-0.2, 0) is 4.79 Å². The van der Waals surface area contributed by atoms with E-state index in [0.29, 0.717) is 12.1 Å². The molecule has 0 N–H and O–H groups in total. The molecule has 0 radical (unpaired) electrons. The average Bonchev–Trinajstić information content (AvgIpc) is 2.32. The molecule has 19 heavy (non-hydrogen) atoms. The van der Waals surface area contributed by atoms with Crippen molar-refractivity contribution in [3.05, 3.63) is 34.4 Å². The first-order valence-corrected chi connectivity index (χ1v) is 5.31. The molecule has 0 aliphatic carbocycles. The summed E-state index contributed by atoms with van der Waals surface area (Å²) in [5.74, 6) is -6.97. The topological polar surface area (TPSA) is 34.1 Å². The van der Waals surface area contributed by atoms with E-state index in [1.807, 2.05) is 0 Å². The van der Waals surface area contributed by atoms with Crippen LogP contribution in [0.3, 0.4) is 0 Å². The molecule has 0 bridgehead atoms. The van der Waals surface area contributed by atoms with Gasteiger partial charge in [0.1, 0.15) is 10.8 Å². The van der Waals surface area contributed by atoms with Gasteiger partial charge in [-0.25, -0.2) is 8.78 Å². The molecule has 0 amide bonds. The highest BCUT2D eigenvalue weighted by atomic mass is 35.5. The largest absolute Gasteiger partial charge is 0.452 e. The second kappa shape index (κ2) is 5.42. The Bertz CT molecular complexity index is 541. The van der Waals surface area contributed by atoms with E-state index in [2.05, 4.69) is 0 Å². The zero-order valence-electron chi connectivity index (χ0n) is 8.69. The van der Waals surface area contributed by atoms with E-state index in [-0.39, 0.29) is 0 Å². The van der Waals surface area contributed by atoms with Gasteiger partial charge in [0.15, 0.2) is 17.0 Å². The Morgan fingerprint density at radius 3 is 2.16 bits per heavy atom. The molecule has 0 aliphatic heterocycles. The van der Waals surface area contributed by atoms with Crippen molar-refractivity contribution in [2.75, 3.05) is 0 Å². The molecule has 1 unspecified atom stereocenters. The number of alkyl halides is 4. The molecule has 0 spiro atoms. The van der Waals surface area contributed by atoms with Gasteiger partial charge in [-0.05, 0) is 12.1 Å². The van der Waals surface area contributed by atoms with Gasteiger partial charge in [0.25, 0.3) is 5.78 Å². The van der Waals surface area contributed by atoms with Gasteiger partial charge in [-0.15, -0.1) is 11.6 Å². The number of ketones is 2. The molecule has 2 nitrogen and oxygen atoms in total. The molecule has 0 saturated heterocycles. The first-order chi connectivity index (χ1) is 8.57. The standard InChI is InChI=1S/C10H3Cl2F5O2/c11-5-4(13)2-1-3(7(5)14)8(18)6(12)9(19)10(15,16)17/h1-2,6H. The fraction of sp³-hybridized carbons (Fsp3) is 0.200. The van der Waals surface area contributed by atoms with E-state index < -0.39 is 45.3 Å². The first-order valence-electron chi connectivity index (χ1n) is 4.50. The highest BCUT2D eigenvalue weighted by Gasteiger charge is 2.46. The summed E-state index contributed by atoms with van der Waals surface area (Å²) in [6.45, 7) is 0. The summed E-state index contributed by atoms with van der Waals surface area (Å²) in [6, 6.07) is 1.12. The number of halogens is 7. The fourth-order valence-corrected chi connectivity index (χ4v) is 1.52. The van der Waals surface area contributed by atoms with Crippen molar-refractivity contribution in [1.82, 2.24) is 0 Å². The smallest absolute Gasteiger partial charge is 0.292 e. The van der Waals surface area contributed by atoms with E-state index in [9.17, 15) is 31.5 Å². The summed E-state index contributed by atoms with van der Waals surface area (Å²) in [5.41, 5.74) is -0.996. The number of carbonyl (C=O) groups excluding carboxylic acids is 2. The molecular formula is C10H3Cl2F5O2. The molecule has 104 valence electrons. The maximum absolute atomic E-state index is 13.4. The molecule has 1 rings (SSSR count). The highest BCUT2D eigenvalue weighted by molar-refractivity contribution is 6.45. The third-order valence-electron chi connectivity index (χ3n) is 2.04. The number of rotatable bonds is 3. The van der Waals surface area contributed by atoms with Gasteiger partial charge in [0.2, 0.25) is 0 Å². The molecular weight excluding hydrogens is 318 g/mol. The van der Waals surface area contributed by atoms with Crippen molar-refractivity contribution in [2.24, 2.45) is 0 Å². The third-order valence-corrected chi connectivity index (χ3v) is 2.78. The van der Waals surface area contributed by atoms with Crippen molar-refractivity contribution in [1.29, 1.82) is 0 Å². The molecule has 0 heterocycles. The Morgan fingerprint density at radius 1 is 1.16 bits per heavy atom. The summed E-state index contributed by atoms with van der Waals surface area (Å²) in [4.78, 5) is 22.2. The summed E-state index contributed by atoms with van der Waals surface area (Å²) < 4.78 is 62.4. The Morgan fingerprint density at radius 2 is 1.68 bits per heavy atom. The SMILES string of the molecule is O=C(c1ccc(F)c(Cl)c1F)C(Cl)C(=O)C(F)(F)F. The lowest BCUT2D eigenvalue weighted by atomic mass is 10.0. The second-order valence-corrected chi connectivity index (χ2v) is 4.13. The lowest BCUT2D eigenvalue weighted by Gasteiger charge is -2.11. The van der Waals surface area contributed by atoms with Gasteiger partial charge >= 0.3 is 6.18 Å². The van der Waals surface area contributed by atoms with Crippen LogP contribution in [0.4, 0.5) is 22.0 Å². The average molecular weight is 321 g/mol. The molecule has 0 fully saturated rings. The highest BCUT2D eigenvalue weighted by Crippen LogP contribution is 2.26. The lowest BCUT2D eigenvalue weighted by molar-refractivity contribution is -0.169. The third kappa shape index (κ3) is 3.22. The van der Waals surface area contributed by atoms with Crippen molar-refractivity contribution in [3.8, 4) is 0 Å². The Labute approximate surface area is 113 Å². The molecule has 0 saturated carbocycles. The normalized spacial score (nSPS) is 13.2. The maximum atomic E-state index is 13.4. The van der Waals surface area contributed by atoms with E-state index in [1.54, 1.807) is 0 Å². The van der Waals surface area contributed by atoms with Gasteiger partial charge in [-0.2, -0.15) is 13.2 Å². The van der Waals surface area contributed by atoms with E-state index in [1.165, 1.54) is 0 Å². The van der Waals surface area contributed by atoms with Crippen LogP contribution in [0.2, 0.25) is 5.02 Å². The van der Waals surface area contributed by atoms with Crippen LogP contribution in [0, 0.1) is 11.6 Å². The molecule has 1 aromatic carbocycles. The van der Waals surface area contributed by atoms with E-state index >= 15 is 0 Å². The molecule has 1 atom stereocenters. The van der Waals surface area contributed by atoms with Gasteiger partial charge in [0, 0.05) is 0 Å². The minimum atomic E-state index is -5.34. The molecule has 0 aliphatic rings. The van der Waals surface area contributed by atoms with Crippen molar-refractivity contribution < 1.29 is 31.5 Å². The van der Waals surface area contributed by atoms with Crippen LogP contribution in [0.25, 0.3) is 0 Å². The van der Waals surface area contributed by atoms with Crippen LogP contribution >= 0.6 is 23.2 Å². The number of carbonyl (C=O) groups is 2. The molecule has 1 aromatic rings. The van der Waals surface area contributed by atoms with Gasteiger partial charge in [-0.3, -0.25) is 9.59 Å². The number of hydrogen-bond acceptors (Lipinski definition) is 2. The molecule has 0 aromatic heterocycles. The maximum Gasteiger partial charge on any atom is 0.452 e. The predicted octanol–water partition coefficient (Wildman–Crippen LogP) is 3.54. The summed E-state index contributed by atoms with van der Waals surface area (Å²) >= 11 is 10.2. The quantitative estimate of drug-likeness (QED) is 0.281. The number of benzene rings is 1. The van der Waals surface area contributed by atoms with Crippen LogP contribution in [0.1, 0.15) is 10.4 Å². The summed E-state index contributed by atoms with van der Waals surface area (Å²) in [5, 5.41) is -3.73. The van der Waals surface area contributed by atoms with Crippen molar-refractivity contribution >= 4 is 34.8 Å². The van der Waals surface area contributed by atoms with Crippen LogP contribution < -0.4 is 0 Å². The van der Waals surface area contributed by atoms with Gasteiger partial charge in [0.05, 0.1) is 5.56 Å². The number of Topliss-reactive ketones (excluding diaryl/α,β-unsaturated/α-hetero) is 2. The van der Waals surface area contributed by atoms with E-state index in [4.69, 9.17) is 23.2 Å². The zero-order valence-corrected chi connectivity index (χ0v) is 10.2. The van der Waals surface area contributed by atoms with Crippen LogP contribution in [0.15, 0.2) is 12.1 Å². The zero-order chi connectivity index (χ0) is 15.0. The second-order valence-electron chi connectivity index (χ2n) is 3.31. The van der Waals surface area contributed by atoms with Crippen molar-refractivity contribution in [2.45, 2.75) is 11.6 Å². The minimum absolute atomic E-state index is 0.553. The minimum Gasteiger partial charge on any atom is -0.292 e. The Kier molecular flexibility index (Phi) is 4.52. The summed E-state index contributed by atoms with van der Waals surface area (Å²) in [6.07, 6.45) is -5.34. The number of hydrogen-bond donors (Lipinski definition) is 0.